The molecular weight excluding hydrogens is 202 g/mol. The highest BCUT2D eigenvalue weighted by molar-refractivity contribution is 5.10. The van der Waals surface area contributed by atoms with Gasteiger partial charge >= 0.3 is 0 Å². The Morgan fingerprint density at radius 1 is 1.44 bits per heavy atom. The Morgan fingerprint density at radius 2 is 2.25 bits per heavy atom. The van der Waals surface area contributed by atoms with E-state index >= 15 is 0 Å². The highest BCUT2D eigenvalue weighted by Gasteiger charge is 2.05. The lowest BCUT2D eigenvalue weighted by molar-refractivity contribution is 0.575. The number of aromatic nitrogens is 4. The minimum absolute atomic E-state index is 0.534. The topological polar surface area (TPSA) is 61.7 Å². The van der Waals surface area contributed by atoms with Crippen molar-refractivity contribution in [2.45, 2.75) is 33.5 Å². The van der Waals surface area contributed by atoms with Crippen molar-refractivity contribution in [1.29, 1.82) is 0 Å². The summed E-state index contributed by atoms with van der Waals surface area (Å²) in [6, 6.07) is 2.09. The van der Waals surface area contributed by atoms with Crippen LogP contribution in [0, 0.1) is 6.92 Å². The lowest BCUT2D eigenvalue weighted by atomic mass is 10.3. The molecule has 0 atom stereocenters. The van der Waals surface area contributed by atoms with Crippen molar-refractivity contribution in [1.82, 2.24) is 19.6 Å². The standard InChI is InChI=1S/C11H17N5/c1-3-16-11(4-9(2)14-16)8-15-7-10(5-12)6-13-15/h4,6-7H,3,5,8,12H2,1-2H3. The van der Waals surface area contributed by atoms with E-state index in [0.29, 0.717) is 6.54 Å². The molecule has 5 nitrogen and oxygen atoms in total. The molecule has 5 heteroatoms. The van der Waals surface area contributed by atoms with Gasteiger partial charge in [-0.3, -0.25) is 9.36 Å². The van der Waals surface area contributed by atoms with Crippen LogP contribution in [0.15, 0.2) is 18.5 Å². The van der Waals surface area contributed by atoms with Crippen LogP contribution in [0.3, 0.4) is 0 Å². The van der Waals surface area contributed by atoms with Gasteiger partial charge in [0.15, 0.2) is 0 Å². The zero-order valence-corrected chi connectivity index (χ0v) is 9.72. The van der Waals surface area contributed by atoms with Crippen LogP contribution < -0.4 is 5.73 Å². The van der Waals surface area contributed by atoms with Crippen LogP contribution in [-0.2, 0) is 19.6 Å². The first-order chi connectivity index (χ1) is 7.72. The van der Waals surface area contributed by atoms with E-state index in [1.807, 2.05) is 22.5 Å². The monoisotopic (exact) mass is 219 g/mol. The largest absolute Gasteiger partial charge is 0.326 e. The smallest absolute Gasteiger partial charge is 0.0828 e. The zero-order valence-electron chi connectivity index (χ0n) is 9.72. The Labute approximate surface area is 94.9 Å². The van der Waals surface area contributed by atoms with Gasteiger partial charge in [0.25, 0.3) is 0 Å². The van der Waals surface area contributed by atoms with E-state index in [1.165, 1.54) is 5.69 Å². The van der Waals surface area contributed by atoms with Crippen LogP contribution in [0.5, 0.6) is 0 Å². The SMILES string of the molecule is CCn1nc(C)cc1Cn1cc(CN)cn1. The van der Waals surface area contributed by atoms with E-state index < -0.39 is 0 Å². The van der Waals surface area contributed by atoms with E-state index in [4.69, 9.17) is 5.73 Å². The van der Waals surface area contributed by atoms with Crippen molar-refractivity contribution in [3.8, 4) is 0 Å². The molecule has 0 fully saturated rings. The van der Waals surface area contributed by atoms with Gasteiger partial charge in [0, 0.05) is 24.8 Å². The maximum atomic E-state index is 5.55. The fraction of sp³-hybridized carbons (Fsp3) is 0.455. The second-order valence-corrected chi connectivity index (χ2v) is 3.84. The van der Waals surface area contributed by atoms with E-state index in [9.17, 15) is 0 Å². The molecule has 2 heterocycles. The van der Waals surface area contributed by atoms with Gasteiger partial charge in [-0.2, -0.15) is 10.2 Å². The van der Waals surface area contributed by atoms with Crippen LogP contribution in [0.2, 0.25) is 0 Å². The summed E-state index contributed by atoms with van der Waals surface area (Å²) in [4.78, 5) is 0. The average molecular weight is 219 g/mol. The Hall–Kier alpha value is -1.62. The minimum Gasteiger partial charge on any atom is -0.326 e. The molecule has 0 bridgehead atoms. The molecule has 0 aromatic carbocycles. The summed E-state index contributed by atoms with van der Waals surface area (Å²) in [7, 11) is 0. The van der Waals surface area contributed by atoms with Crippen molar-refractivity contribution >= 4 is 0 Å². The molecule has 0 saturated heterocycles. The fourth-order valence-corrected chi connectivity index (χ4v) is 1.76. The molecule has 2 N–H and O–H groups in total. The first-order valence-electron chi connectivity index (χ1n) is 5.47. The van der Waals surface area contributed by atoms with Gasteiger partial charge in [-0.25, -0.2) is 0 Å². The number of nitrogens with two attached hydrogens (primary N) is 1. The molecule has 0 aliphatic carbocycles. The molecule has 86 valence electrons. The van der Waals surface area contributed by atoms with Gasteiger partial charge in [-0.1, -0.05) is 0 Å². The Morgan fingerprint density at radius 3 is 2.88 bits per heavy atom. The maximum absolute atomic E-state index is 5.55. The summed E-state index contributed by atoms with van der Waals surface area (Å²) in [5.74, 6) is 0. The molecule has 0 radical (unpaired) electrons. The molecule has 0 aliphatic heterocycles. The van der Waals surface area contributed by atoms with Gasteiger partial charge in [-0.05, 0) is 19.9 Å². The second kappa shape index (κ2) is 4.49. The minimum atomic E-state index is 0.534. The summed E-state index contributed by atoms with van der Waals surface area (Å²) >= 11 is 0. The van der Waals surface area contributed by atoms with Crippen LogP contribution in [0.4, 0.5) is 0 Å². The molecule has 0 aliphatic rings. The Balaban J connectivity index is 2.19. The highest BCUT2D eigenvalue weighted by Crippen LogP contribution is 2.06. The molecule has 2 aromatic heterocycles. The van der Waals surface area contributed by atoms with E-state index in [0.717, 1.165) is 24.3 Å². The molecule has 2 rings (SSSR count). The molecule has 0 saturated carbocycles. The normalized spacial score (nSPS) is 10.9. The highest BCUT2D eigenvalue weighted by atomic mass is 15.3. The number of hydrogen-bond donors (Lipinski definition) is 1. The third kappa shape index (κ3) is 2.14. The molecule has 0 amide bonds. The number of aryl methyl sites for hydroxylation is 2. The average Bonchev–Trinajstić information content (AvgIpc) is 2.85. The number of hydrogen-bond acceptors (Lipinski definition) is 3. The van der Waals surface area contributed by atoms with Crippen molar-refractivity contribution in [2.24, 2.45) is 5.73 Å². The van der Waals surface area contributed by atoms with Gasteiger partial charge in [0.1, 0.15) is 0 Å². The van der Waals surface area contributed by atoms with E-state index in [2.05, 4.69) is 23.2 Å². The number of rotatable bonds is 4. The molecular formula is C11H17N5. The van der Waals surface area contributed by atoms with Crippen LogP contribution >= 0.6 is 0 Å². The zero-order chi connectivity index (χ0) is 11.5. The van der Waals surface area contributed by atoms with Gasteiger partial charge in [0.05, 0.1) is 24.1 Å². The third-order valence-electron chi connectivity index (χ3n) is 2.53. The van der Waals surface area contributed by atoms with Gasteiger partial charge in [-0.15, -0.1) is 0 Å². The first kappa shape index (κ1) is 10.9. The van der Waals surface area contributed by atoms with E-state index in [-0.39, 0.29) is 0 Å². The maximum Gasteiger partial charge on any atom is 0.0828 e. The summed E-state index contributed by atoms with van der Waals surface area (Å²) < 4.78 is 3.89. The fourth-order valence-electron chi connectivity index (χ4n) is 1.76. The van der Waals surface area contributed by atoms with Crippen molar-refractivity contribution < 1.29 is 0 Å². The molecule has 16 heavy (non-hydrogen) atoms. The first-order valence-corrected chi connectivity index (χ1v) is 5.47. The Bertz CT molecular complexity index is 468. The van der Waals surface area contributed by atoms with E-state index in [1.54, 1.807) is 6.20 Å². The van der Waals surface area contributed by atoms with Crippen molar-refractivity contribution in [3.05, 3.63) is 35.4 Å². The van der Waals surface area contributed by atoms with Crippen molar-refractivity contribution in [2.75, 3.05) is 0 Å². The van der Waals surface area contributed by atoms with Crippen LogP contribution in [0.25, 0.3) is 0 Å². The van der Waals surface area contributed by atoms with Crippen LogP contribution in [0.1, 0.15) is 23.9 Å². The predicted molar refractivity (Wildman–Crippen MR) is 61.9 cm³/mol. The molecule has 0 spiro atoms. The lowest BCUT2D eigenvalue weighted by Crippen LogP contribution is -2.08. The quantitative estimate of drug-likeness (QED) is 0.831. The summed E-state index contributed by atoms with van der Waals surface area (Å²) in [6.45, 7) is 6.25. The van der Waals surface area contributed by atoms with Gasteiger partial charge in [0.2, 0.25) is 0 Å². The van der Waals surface area contributed by atoms with Gasteiger partial charge < -0.3 is 5.73 Å². The molecule has 2 aromatic rings. The summed E-state index contributed by atoms with van der Waals surface area (Å²) in [5.41, 5.74) is 8.82. The Kier molecular flexibility index (Phi) is 3.05. The summed E-state index contributed by atoms with van der Waals surface area (Å²) in [6.07, 6.45) is 3.78. The van der Waals surface area contributed by atoms with Crippen LogP contribution in [-0.4, -0.2) is 19.6 Å². The summed E-state index contributed by atoms with van der Waals surface area (Å²) in [5, 5.41) is 8.67. The predicted octanol–water partition coefficient (Wildman–Crippen LogP) is 0.915. The number of nitrogens with zero attached hydrogens (tertiary/aromatic N) is 4. The lowest BCUT2D eigenvalue weighted by Gasteiger charge is -2.04. The van der Waals surface area contributed by atoms with Crippen molar-refractivity contribution in [3.63, 3.8) is 0 Å². The molecule has 0 unspecified atom stereocenters. The third-order valence-corrected chi connectivity index (χ3v) is 2.53. The second-order valence-electron chi connectivity index (χ2n) is 3.84.